The molecule has 0 bridgehead atoms. The quantitative estimate of drug-likeness (QED) is 0.786. The van der Waals surface area contributed by atoms with E-state index in [9.17, 15) is 8.42 Å². The minimum absolute atomic E-state index is 0.197. The molecule has 1 unspecified atom stereocenters. The molecule has 0 saturated carbocycles. The van der Waals surface area contributed by atoms with E-state index in [2.05, 4.69) is 28.5 Å². The van der Waals surface area contributed by atoms with Crippen molar-refractivity contribution in [2.24, 2.45) is 0 Å². The Morgan fingerprint density at radius 1 is 1.35 bits per heavy atom. The molecule has 2 rings (SSSR count). The first kappa shape index (κ1) is 15.1. The Balaban J connectivity index is 2.31. The average molecular weight is 298 g/mol. The molecular weight excluding hydrogens is 276 g/mol. The van der Waals surface area contributed by atoms with Crippen LogP contribution in [0.25, 0.3) is 0 Å². The minimum Gasteiger partial charge on any atom is -0.397 e. The van der Waals surface area contributed by atoms with Gasteiger partial charge < -0.3 is 15.5 Å². The molecule has 1 fully saturated rings. The summed E-state index contributed by atoms with van der Waals surface area (Å²) in [4.78, 5) is 4.70. The van der Waals surface area contributed by atoms with Crippen molar-refractivity contribution in [2.75, 3.05) is 44.4 Å². The van der Waals surface area contributed by atoms with Crippen LogP contribution in [0.4, 0.5) is 11.4 Å². The van der Waals surface area contributed by atoms with Crippen molar-refractivity contribution < 1.29 is 8.42 Å². The molecule has 1 aromatic rings. The number of sulfonamides is 1. The zero-order valence-corrected chi connectivity index (χ0v) is 12.9. The van der Waals surface area contributed by atoms with Gasteiger partial charge in [-0.2, -0.15) is 0 Å². The van der Waals surface area contributed by atoms with Crippen LogP contribution in [0.2, 0.25) is 0 Å². The molecule has 6 nitrogen and oxygen atoms in total. The van der Waals surface area contributed by atoms with Crippen LogP contribution in [0.3, 0.4) is 0 Å². The molecule has 0 aliphatic carbocycles. The van der Waals surface area contributed by atoms with E-state index in [1.807, 2.05) is 0 Å². The van der Waals surface area contributed by atoms with Crippen LogP contribution in [-0.2, 0) is 10.0 Å². The third kappa shape index (κ3) is 2.89. The SMILES string of the molecule is CNS(=O)(=O)c1ccc(N2CCN(C)CC2C)c(N)c1. The van der Waals surface area contributed by atoms with E-state index in [1.165, 1.54) is 13.1 Å². The molecule has 1 heterocycles. The number of nitrogens with two attached hydrogens (primary N) is 1. The Morgan fingerprint density at radius 3 is 2.60 bits per heavy atom. The van der Waals surface area contributed by atoms with Crippen molar-refractivity contribution in [2.45, 2.75) is 17.9 Å². The Morgan fingerprint density at radius 2 is 2.05 bits per heavy atom. The summed E-state index contributed by atoms with van der Waals surface area (Å²) < 4.78 is 25.8. The van der Waals surface area contributed by atoms with Gasteiger partial charge in [-0.3, -0.25) is 0 Å². The van der Waals surface area contributed by atoms with Gasteiger partial charge in [-0.15, -0.1) is 0 Å². The van der Waals surface area contributed by atoms with Crippen molar-refractivity contribution in [1.82, 2.24) is 9.62 Å². The average Bonchev–Trinajstić information content (AvgIpc) is 2.39. The maximum absolute atomic E-state index is 11.8. The molecule has 1 atom stereocenters. The fraction of sp³-hybridized carbons (Fsp3) is 0.538. The normalized spacial score (nSPS) is 21.1. The second-order valence-electron chi connectivity index (χ2n) is 5.23. The first-order valence-corrected chi connectivity index (χ1v) is 8.11. The van der Waals surface area contributed by atoms with Crippen LogP contribution < -0.4 is 15.4 Å². The Bertz CT molecular complexity index is 588. The highest BCUT2D eigenvalue weighted by Gasteiger charge is 2.24. The smallest absolute Gasteiger partial charge is 0.240 e. The fourth-order valence-corrected chi connectivity index (χ4v) is 3.34. The summed E-state index contributed by atoms with van der Waals surface area (Å²) in [6.45, 7) is 4.98. The van der Waals surface area contributed by atoms with E-state index in [0.29, 0.717) is 11.7 Å². The summed E-state index contributed by atoms with van der Waals surface area (Å²) in [6.07, 6.45) is 0. The molecule has 112 valence electrons. The molecule has 0 spiro atoms. The number of nitrogens with one attached hydrogen (secondary N) is 1. The third-order valence-corrected chi connectivity index (χ3v) is 5.13. The predicted octanol–water partition coefficient (Wildman–Crippen LogP) is 0.317. The van der Waals surface area contributed by atoms with Gasteiger partial charge in [-0.1, -0.05) is 0 Å². The molecular formula is C13H22N4O2S. The van der Waals surface area contributed by atoms with E-state index in [-0.39, 0.29) is 4.90 Å². The van der Waals surface area contributed by atoms with E-state index >= 15 is 0 Å². The van der Waals surface area contributed by atoms with Gasteiger partial charge in [0.1, 0.15) is 0 Å². The Kier molecular flexibility index (Phi) is 4.22. The number of anilines is 2. The van der Waals surface area contributed by atoms with Gasteiger partial charge in [-0.05, 0) is 39.2 Å². The van der Waals surface area contributed by atoms with E-state index in [1.54, 1.807) is 12.1 Å². The number of nitrogens with zero attached hydrogens (tertiary/aromatic N) is 2. The molecule has 3 N–H and O–H groups in total. The van der Waals surface area contributed by atoms with Gasteiger partial charge in [0, 0.05) is 25.7 Å². The van der Waals surface area contributed by atoms with Gasteiger partial charge in [0.25, 0.3) is 0 Å². The molecule has 0 aromatic heterocycles. The lowest BCUT2D eigenvalue weighted by atomic mass is 10.1. The third-order valence-electron chi connectivity index (χ3n) is 3.72. The van der Waals surface area contributed by atoms with Crippen molar-refractivity contribution in [3.8, 4) is 0 Å². The summed E-state index contributed by atoms with van der Waals surface area (Å²) in [5, 5.41) is 0. The van der Waals surface area contributed by atoms with Crippen molar-refractivity contribution in [1.29, 1.82) is 0 Å². The molecule has 0 amide bonds. The second-order valence-corrected chi connectivity index (χ2v) is 7.12. The molecule has 1 saturated heterocycles. The fourth-order valence-electron chi connectivity index (χ4n) is 2.58. The monoisotopic (exact) mass is 298 g/mol. The number of rotatable bonds is 3. The highest BCUT2D eigenvalue weighted by Crippen LogP contribution is 2.29. The van der Waals surface area contributed by atoms with Crippen LogP contribution in [0.1, 0.15) is 6.92 Å². The minimum atomic E-state index is -3.45. The summed E-state index contributed by atoms with van der Waals surface area (Å²) in [7, 11) is 0.0406. The summed E-state index contributed by atoms with van der Waals surface area (Å²) >= 11 is 0. The maximum Gasteiger partial charge on any atom is 0.240 e. The van der Waals surface area contributed by atoms with Crippen LogP contribution in [-0.4, -0.2) is 53.1 Å². The van der Waals surface area contributed by atoms with Gasteiger partial charge in [0.15, 0.2) is 0 Å². The zero-order valence-electron chi connectivity index (χ0n) is 12.1. The first-order valence-electron chi connectivity index (χ1n) is 6.63. The van der Waals surface area contributed by atoms with Crippen LogP contribution in [0.5, 0.6) is 0 Å². The van der Waals surface area contributed by atoms with Crippen molar-refractivity contribution >= 4 is 21.4 Å². The number of hydrogen-bond acceptors (Lipinski definition) is 5. The number of nitrogen functional groups attached to an aromatic ring is 1. The Hall–Kier alpha value is -1.31. The highest BCUT2D eigenvalue weighted by molar-refractivity contribution is 7.89. The second kappa shape index (κ2) is 5.59. The summed E-state index contributed by atoms with van der Waals surface area (Å²) in [5.41, 5.74) is 7.45. The van der Waals surface area contributed by atoms with Crippen LogP contribution in [0, 0.1) is 0 Å². The molecule has 20 heavy (non-hydrogen) atoms. The van der Waals surface area contributed by atoms with Crippen molar-refractivity contribution in [3.05, 3.63) is 18.2 Å². The lowest BCUT2D eigenvalue weighted by molar-refractivity contribution is 0.276. The molecule has 1 aliphatic heterocycles. The number of piperazine rings is 1. The summed E-state index contributed by atoms with van der Waals surface area (Å²) in [6, 6.07) is 5.26. The molecule has 7 heteroatoms. The zero-order chi connectivity index (χ0) is 14.9. The van der Waals surface area contributed by atoms with E-state index in [4.69, 9.17) is 5.73 Å². The predicted molar refractivity (Wildman–Crippen MR) is 81.4 cm³/mol. The largest absolute Gasteiger partial charge is 0.397 e. The van der Waals surface area contributed by atoms with Gasteiger partial charge in [-0.25, -0.2) is 13.1 Å². The van der Waals surface area contributed by atoms with Gasteiger partial charge in [0.05, 0.1) is 16.3 Å². The number of hydrogen-bond donors (Lipinski definition) is 2. The molecule has 1 aromatic carbocycles. The first-order chi connectivity index (χ1) is 9.35. The maximum atomic E-state index is 11.8. The van der Waals surface area contributed by atoms with Crippen molar-refractivity contribution in [3.63, 3.8) is 0 Å². The number of benzene rings is 1. The van der Waals surface area contributed by atoms with Crippen LogP contribution in [0.15, 0.2) is 23.1 Å². The van der Waals surface area contributed by atoms with Gasteiger partial charge >= 0.3 is 0 Å². The van der Waals surface area contributed by atoms with Crippen LogP contribution >= 0.6 is 0 Å². The van der Waals surface area contributed by atoms with E-state index < -0.39 is 10.0 Å². The van der Waals surface area contributed by atoms with E-state index in [0.717, 1.165) is 25.3 Å². The Labute approximate surface area is 120 Å². The molecule has 0 radical (unpaired) electrons. The van der Waals surface area contributed by atoms with Gasteiger partial charge in [0.2, 0.25) is 10.0 Å². The molecule has 1 aliphatic rings. The topological polar surface area (TPSA) is 78.7 Å². The summed E-state index contributed by atoms with van der Waals surface area (Å²) in [5.74, 6) is 0. The lowest BCUT2D eigenvalue weighted by Crippen LogP contribution is -2.50. The number of likely N-dealkylation sites (N-methyl/N-ethyl adjacent to an activating group) is 1. The lowest BCUT2D eigenvalue weighted by Gasteiger charge is -2.40. The highest BCUT2D eigenvalue weighted by atomic mass is 32.2. The standard InChI is InChI=1S/C13H22N4O2S/c1-10-9-16(3)6-7-17(10)13-5-4-11(8-12(13)14)20(18,19)15-2/h4-5,8,10,15H,6-7,9,14H2,1-3H3.